The fourth-order valence-electron chi connectivity index (χ4n) is 2.97. The average molecular weight is 260 g/mol. The van der Waals surface area contributed by atoms with Crippen molar-refractivity contribution in [3.8, 4) is 0 Å². The summed E-state index contributed by atoms with van der Waals surface area (Å²) in [6, 6.07) is 11.6. The first-order chi connectivity index (χ1) is 9.36. The Labute approximate surface area is 118 Å². The topological polar surface area (TPSA) is 15.3 Å². The maximum Gasteiger partial charge on any atom is 0.0107 e. The highest BCUT2D eigenvalue weighted by Crippen LogP contribution is 2.21. The molecule has 1 aliphatic rings. The summed E-state index contributed by atoms with van der Waals surface area (Å²) in [5.41, 5.74) is 1.45. The van der Waals surface area contributed by atoms with Gasteiger partial charge in [-0.25, -0.2) is 0 Å². The lowest BCUT2D eigenvalue weighted by atomic mass is 10.1. The summed E-state index contributed by atoms with van der Waals surface area (Å²) in [6.45, 7) is 3.45. The number of nitrogens with zero attached hydrogens (tertiary/aromatic N) is 1. The number of nitrogens with one attached hydrogen (secondary N) is 1. The van der Waals surface area contributed by atoms with Gasteiger partial charge in [0.15, 0.2) is 0 Å². The number of aryl methyl sites for hydroxylation is 1. The molecule has 0 atom stereocenters. The molecule has 1 aliphatic carbocycles. The molecule has 1 N–H and O–H groups in total. The molecule has 0 heterocycles. The fourth-order valence-corrected chi connectivity index (χ4v) is 2.97. The molecule has 2 heteroatoms. The Balaban J connectivity index is 1.48. The van der Waals surface area contributed by atoms with Crippen molar-refractivity contribution >= 4 is 0 Å². The minimum Gasteiger partial charge on any atom is -0.315 e. The number of rotatable bonds is 8. The third-order valence-electron chi connectivity index (χ3n) is 4.25. The van der Waals surface area contributed by atoms with Crippen molar-refractivity contribution in [2.24, 2.45) is 0 Å². The van der Waals surface area contributed by atoms with Crippen molar-refractivity contribution in [2.45, 2.75) is 44.6 Å². The summed E-state index contributed by atoms with van der Waals surface area (Å²) in [5.74, 6) is 0. The van der Waals surface area contributed by atoms with E-state index in [9.17, 15) is 0 Å². The zero-order valence-electron chi connectivity index (χ0n) is 12.3. The van der Waals surface area contributed by atoms with Crippen molar-refractivity contribution in [1.82, 2.24) is 10.2 Å². The molecule has 1 saturated carbocycles. The number of likely N-dealkylation sites (N-methyl/N-ethyl adjacent to an activating group) is 1. The monoisotopic (exact) mass is 260 g/mol. The van der Waals surface area contributed by atoms with E-state index in [0.717, 1.165) is 19.1 Å². The minimum atomic E-state index is 0.853. The second-order valence-electron chi connectivity index (χ2n) is 5.76. The lowest BCUT2D eigenvalue weighted by molar-refractivity contribution is 0.245. The molecule has 19 heavy (non-hydrogen) atoms. The molecule has 0 saturated heterocycles. The van der Waals surface area contributed by atoms with Crippen LogP contribution in [0.25, 0.3) is 0 Å². The van der Waals surface area contributed by atoms with Crippen LogP contribution in [0.4, 0.5) is 0 Å². The molecule has 2 rings (SSSR count). The van der Waals surface area contributed by atoms with E-state index >= 15 is 0 Å². The summed E-state index contributed by atoms with van der Waals surface area (Å²) in [4.78, 5) is 2.54. The third-order valence-corrected chi connectivity index (χ3v) is 4.25. The highest BCUT2D eigenvalue weighted by Gasteiger charge is 2.18. The molecule has 0 unspecified atom stereocenters. The van der Waals surface area contributed by atoms with Crippen molar-refractivity contribution in [3.05, 3.63) is 35.9 Å². The average Bonchev–Trinajstić information content (AvgIpc) is 2.98. The molecule has 0 aromatic heterocycles. The molecule has 2 nitrogen and oxygen atoms in total. The van der Waals surface area contributed by atoms with Crippen molar-refractivity contribution < 1.29 is 0 Å². The van der Waals surface area contributed by atoms with E-state index in [-0.39, 0.29) is 0 Å². The van der Waals surface area contributed by atoms with Gasteiger partial charge in [-0.05, 0) is 44.8 Å². The molecule has 0 spiro atoms. The van der Waals surface area contributed by atoms with Gasteiger partial charge in [0, 0.05) is 19.1 Å². The van der Waals surface area contributed by atoms with Crippen LogP contribution in [0.15, 0.2) is 30.3 Å². The molecule has 0 bridgehead atoms. The molecule has 0 amide bonds. The van der Waals surface area contributed by atoms with E-state index in [1.807, 2.05) is 0 Å². The van der Waals surface area contributed by atoms with E-state index in [0.29, 0.717) is 0 Å². The molecule has 0 aliphatic heterocycles. The van der Waals surface area contributed by atoms with Crippen molar-refractivity contribution in [3.63, 3.8) is 0 Å². The van der Waals surface area contributed by atoms with Crippen molar-refractivity contribution in [2.75, 3.05) is 26.7 Å². The van der Waals surface area contributed by atoms with E-state index in [1.165, 1.54) is 50.6 Å². The van der Waals surface area contributed by atoms with Crippen LogP contribution in [-0.2, 0) is 6.42 Å². The van der Waals surface area contributed by atoms with Gasteiger partial charge >= 0.3 is 0 Å². The number of benzene rings is 1. The Morgan fingerprint density at radius 2 is 1.84 bits per heavy atom. The maximum atomic E-state index is 3.57. The molecule has 1 aromatic carbocycles. The summed E-state index contributed by atoms with van der Waals surface area (Å²) in [5, 5.41) is 3.57. The zero-order chi connectivity index (χ0) is 13.3. The molecular formula is C17H28N2. The first-order valence-corrected chi connectivity index (χ1v) is 7.81. The normalized spacial score (nSPS) is 16.3. The van der Waals surface area contributed by atoms with Gasteiger partial charge in [-0.3, -0.25) is 0 Å². The Hall–Kier alpha value is -0.860. The summed E-state index contributed by atoms with van der Waals surface area (Å²) in [6.07, 6.45) is 8.09. The smallest absolute Gasteiger partial charge is 0.0107 e. The van der Waals surface area contributed by atoms with E-state index in [2.05, 4.69) is 47.6 Å². The third kappa shape index (κ3) is 5.33. The van der Waals surface area contributed by atoms with Crippen LogP contribution in [0.2, 0.25) is 0 Å². The highest BCUT2D eigenvalue weighted by atomic mass is 15.1. The van der Waals surface area contributed by atoms with Gasteiger partial charge in [-0.15, -0.1) is 0 Å². The second-order valence-corrected chi connectivity index (χ2v) is 5.76. The van der Waals surface area contributed by atoms with E-state index in [4.69, 9.17) is 0 Å². The predicted octanol–water partition coefficient (Wildman–Crippen LogP) is 3.08. The van der Waals surface area contributed by atoms with Crippen LogP contribution in [-0.4, -0.2) is 37.6 Å². The van der Waals surface area contributed by atoms with Crippen LogP contribution in [0.1, 0.15) is 37.7 Å². The lowest BCUT2D eigenvalue weighted by Gasteiger charge is -2.23. The van der Waals surface area contributed by atoms with Crippen LogP contribution < -0.4 is 5.32 Å². The van der Waals surface area contributed by atoms with Gasteiger partial charge in [0.25, 0.3) is 0 Å². The molecule has 0 radical (unpaired) electrons. The second kappa shape index (κ2) is 8.34. The van der Waals surface area contributed by atoms with Gasteiger partial charge in [-0.2, -0.15) is 0 Å². The quantitative estimate of drug-likeness (QED) is 0.723. The Morgan fingerprint density at radius 3 is 2.58 bits per heavy atom. The predicted molar refractivity (Wildman–Crippen MR) is 82.5 cm³/mol. The van der Waals surface area contributed by atoms with Gasteiger partial charge in [0.05, 0.1) is 0 Å². The number of hydrogen-bond donors (Lipinski definition) is 1. The van der Waals surface area contributed by atoms with Crippen LogP contribution in [0.3, 0.4) is 0 Å². The van der Waals surface area contributed by atoms with Gasteiger partial charge in [-0.1, -0.05) is 43.2 Å². The van der Waals surface area contributed by atoms with Gasteiger partial charge in [0.1, 0.15) is 0 Å². The first-order valence-electron chi connectivity index (χ1n) is 7.81. The van der Waals surface area contributed by atoms with Gasteiger partial charge in [0.2, 0.25) is 0 Å². The van der Waals surface area contributed by atoms with Crippen LogP contribution >= 0.6 is 0 Å². The Kier molecular flexibility index (Phi) is 6.38. The maximum absolute atomic E-state index is 3.57. The summed E-state index contributed by atoms with van der Waals surface area (Å²) >= 11 is 0. The molecular weight excluding hydrogens is 232 g/mol. The number of hydrogen-bond acceptors (Lipinski definition) is 2. The summed E-state index contributed by atoms with van der Waals surface area (Å²) < 4.78 is 0. The van der Waals surface area contributed by atoms with E-state index < -0.39 is 0 Å². The standard InChI is InChI=1S/C17H28N2/c1-19(17-11-5-6-12-17)15-14-18-13-7-10-16-8-3-2-4-9-16/h2-4,8-9,17-18H,5-7,10-15H2,1H3. The largest absolute Gasteiger partial charge is 0.315 e. The van der Waals surface area contributed by atoms with E-state index in [1.54, 1.807) is 0 Å². The fraction of sp³-hybridized carbons (Fsp3) is 0.647. The van der Waals surface area contributed by atoms with Crippen molar-refractivity contribution in [1.29, 1.82) is 0 Å². The van der Waals surface area contributed by atoms with Crippen LogP contribution in [0.5, 0.6) is 0 Å². The first kappa shape index (κ1) is 14.5. The lowest BCUT2D eigenvalue weighted by Crippen LogP contribution is -2.35. The minimum absolute atomic E-state index is 0.853. The Morgan fingerprint density at radius 1 is 1.11 bits per heavy atom. The Bertz CT molecular complexity index is 330. The molecule has 1 aromatic rings. The zero-order valence-corrected chi connectivity index (χ0v) is 12.3. The van der Waals surface area contributed by atoms with Gasteiger partial charge < -0.3 is 10.2 Å². The SMILES string of the molecule is CN(CCNCCCc1ccccc1)C1CCCC1. The molecule has 106 valence electrons. The highest BCUT2D eigenvalue weighted by molar-refractivity contribution is 5.14. The summed E-state index contributed by atoms with van der Waals surface area (Å²) in [7, 11) is 2.28. The van der Waals surface area contributed by atoms with Crippen LogP contribution in [0, 0.1) is 0 Å². The molecule has 1 fully saturated rings.